The molecule has 0 saturated heterocycles. The molecule has 120 valence electrons. The van der Waals surface area contributed by atoms with E-state index < -0.39 is 0 Å². The summed E-state index contributed by atoms with van der Waals surface area (Å²) in [6.45, 7) is -0.126. The van der Waals surface area contributed by atoms with Gasteiger partial charge in [-0.3, -0.25) is 9.59 Å². The zero-order valence-electron chi connectivity index (χ0n) is 12.4. The van der Waals surface area contributed by atoms with E-state index in [0.717, 1.165) is 9.15 Å². The molecule has 0 aliphatic rings. The number of hydrogen-bond donors (Lipinski definition) is 0. The molecule has 24 heavy (non-hydrogen) atoms. The second-order valence-electron chi connectivity index (χ2n) is 5.12. The number of carbonyl (C=O) groups excluding carboxylic acids is 1. The number of hydrogen-bond acceptors (Lipinski definition) is 3. The summed E-state index contributed by atoms with van der Waals surface area (Å²) in [5, 5.41) is 4.81. The van der Waals surface area contributed by atoms with Crippen LogP contribution in [0.4, 0.5) is 0 Å². The van der Waals surface area contributed by atoms with Crippen molar-refractivity contribution >= 4 is 33.3 Å². The van der Waals surface area contributed by atoms with Crippen molar-refractivity contribution in [2.75, 3.05) is 0 Å². The maximum absolute atomic E-state index is 12.4. The summed E-state index contributed by atoms with van der Waals surface area (Å²) in [5.74, 6) is -0.187. The van der Waals surface area contributed by atoms with Crippen molar-refractivity contribution in [2.45, 2.75) is 6.54 Å². The van der Waals surface area contributed by atoms with E-state index in [9.17, 15) is 9.59 Å². The summed E-state index contributed by atoms with van der Waals surface area (Å²) in [5.41, 5.74) is 1.44. The number of ketones is 1. The fourth-order valence-electron chi connectivity index (χ4n) is 2.24. The number of rotatable bonds is 4. The lowest BCUT2D eigenvalue weighted by Crippen LogP contribution is -2.26. The van der Waals surface area contributed by atoms with Crippen molar-refractivity contribution in [1.82, 2.24) is 9.78 Å². The first-order valence-corrected chi connectivity index (χ1v) is 8.33. The van der Waals surface area contributed by atoms with Crippen LogP contribution < -0.4 is 5.56 Å². The Hall–Kier alpha value is -2.24. The minimum absolute atomic E-state index is 0.126. The largest absolute Gasteiger partial charge is 0.292 e. The van der Waals surface area contributed by atoms with Crippen molar-refractivity contribution < 1.29 is 4.79 Å². The van der Waals surface area contributed by atoms with Crippen LogP contribution in [0, 0.1) is 0 Å². The van der Waals surface area contributed by atoms with Crippen LogP contribution in [0.1, 0.15) is 10.4 Å². The molecule has 3 aromatic rings. The van der Waals surface area contributed by atoms with E-state index in [4.69, 9.17) is 11.6 Å². The van der Waals surface area contributed by atoms with E-state index in [-0.39, 0.29) is 17.9 Å². The van der Waals surface area contributed by atoms with Crippen LogP contribution in [0.2, 0.25) is 5.02 Å². The van der Waals surface area contributed by atoms with E-state index in [0.29, 0.717) is 21.8 Å². The third kappa shape index (κ3) is 3.63. The first-order valence-electron chi connectivity index (χ1n) is 7.16. The molecule has 3 rings (SSSR count). The van der Waals surface area contributed by atoms with E-state index >= 15 is 0 Å². The summed E-state index contributed by atoms with van der Waals surface area (Å²) in [6.07, 6.45) is 0. The number of halogens is 2. The normalized spacial score (nSPS) is 10.6. The van der Waals surface area contributed by atoms with Gasteiger partial charge in [0.1, 0.15) is 6.54 Å². The fraction of sp³-hybridized carbons (Fsp3) is 0.0556. The molecule has 0 atom stereocenters. The minimum atomic E-state index is -0.337. The Morgan fingerprint density at radius 2 is 1.75 bits per heavy atom. The minimum Gasteiger partial charge on any atom is -0.292 e. The molecule has 6 heteroatoms. The molecule has 4 nitrogen and oxygen atoms in total. The first kappa shape index (κ1) is 16.6. The lowest BCUT2D eigenvalue weighted by molar-refractivity contribution is 0.0966. The van der Waals surface area contributed by atoms with Crippen molar-refractivity contribution in [3.63, 3.8) is 0 Å². The predicted octanol–water partition coefficient (Wildman–Crippen LogP) is 4.21. The van der Waals surface area contributed by atoms with E-state index in [1.165, 1.54) is 6.07 Å². The molecular weight excluding hydrogens is 392 g/mol. The highest BCUT2D eigenvalue weighted by Gasteiger charge is 2.11. The van der Waals surface area contributed by atoms with Crippen LogP contribution in [-0.4, -0.2) is 15.6 Å². The highest BCUT2D eigenvalue weighted by atomic mass is 79.9. The molecule has 0 unspecified atom stereocenters. The summed E-state index contributed by atoms with van der Waals surface area (Å²) in [4.78, 5) is 24.4. The maximum Gasteiger partial charge on any atom is 0.267 e. The molecule has 0 amide bonds. The Bertz CT molecular complexity index is 952. The van der Waals surface area contributed by atoms with Crippen molar-refractivity contribution in [3.05, 3.63) is 86.1 Å². The fourth-order valence-corrected chi connectivity index (χ4v) is 2.73. The van der Waals surface area contributed by atoms with Gasteiger partial charge in [-0.25, -0.2) is 4.68 Å². The average molecular weight is 404 g/mol. The molecule has 0 aliphatic carbocycles. The highest BCUT2D eigenvalue weighted by molar-refractivity contribution is 9.10. The number of nitrogens with zero attached hydrogens (tertiary/aromatic N) is 2. The summed E-state index contributed by atoms with van der Waals surface area (Å²) in [7, 11) is 0. The summed E-state index contributed by atoms with van der Waals surface area (Å²) in [6, 6.07) is 17.2. The van der Waals surface area contributed by atoms with Crippen LogP contribution in [0.15, 0.2) is 69.9 Å². The molecule has 0 saturated carbocycles. The van der Waals surface area contributed by atoms with E-state index in [1.807, 2.05) is 18.2 Å². The monoisotopic (exact) mass is 402 g/mol. The van der Waals surface area contributed by atoms with Gasteiger partial charge in [-0.2, -0.15) is 5.10 Å². The predicted molar refractivity (Wildman–Crippen MR) is 97.4 cm³/mol. The molecular formula is C18H12BrClN2O2. The third-order valence-corrected chi connectivity index (χ3v) is 4.33. The van der Waals surface area contributed by atoms with Gasteiger partial charge in [0.25, 0.3) is 5.56 Å². The van der Waals surface area contributed by atoms with E-state index in [2.05, 4.69) is 21.0 Å². The maximum atomic E-state index is 12.4. The molecule has 1 aromatic heterocycles. The molecule has 0 spiro atoms. The van der Waals surface area contributed by atoms with Gasteiger partial charge < -0.3 is 0 Å². The average Bonchev–Trinajstić information content (AvgIpc) is 2.58. The molecule has 1 heterocycles. The molecule has 0 radical (unpaired) electrons. The molecule has 0 aliphatic heterocycles. The van der Waals surface area contributed by atoms with Gasteiger partial charge in [0.15, 0.2) is 5.78 Å². The van der Waals surface area contributed by atoms with Gasteiger partial charge in [-0.1, -0.05) is 57.9 Å². The quantitative estimate of drug-likeness (QED) is 0.613. The Balaban J connectivity index is 1.92. The zero-order valence-corrected chi connectivity index (χ0v) is 14.8. The topological polar surface area (TPSA) is 52.0 Å². The Morgan fingerprint density at radius 1 is 1.04 bits per heavy atom. The van der Waals surface area contributed by atoms with Crippen molar-refractivity contribution in [2.24, 2.45) is 0 Å². The Labute approximate surface area is 151 Å². The SMILES string of the molecule is O=C(Cn1nc(-c2ccccc2Cl)ccc1=O)c1ccc(Br)cc1. The lowest BCUT2D eigenvalue weighted by Gasteiger charge is -2.08. The van der Waals surface area contributed by atoms with Crippen LogP contribution >= 0.6 is 27.5 Å². The summed E-state index contributed by atoms with van der Waals surface area (Å²) < 4.78 is 2.04. The van der Waals surface area contributed by atoms with Crippen LogP contribution in [-0.2, 0) is 6.54 Å². The summed E-state index contributed by atoms with van der Waals surface area (Å²) >= 11 is 9.49. The zero-order chi connectivity index (χ0) is 17.1. The highest BCUT2D eigenvalue weighted by Crippen LogP contribution is 2.24. The second kappa shape index (κ2) is 7.11. The van der Waals surface area contributed by atoms with Gasteiger partial charge in [-0.05, 0) is 24.3 Å². The second-order valence-corrected chi connectivity index (χ2v) is 6.45. The lowest BCUT2D eigenvalue weighted by atomic mass is 10.1. The third-order valence-electron chi connectivity index (χ3n) is 3.48. The van der Waals surface area contributed by atoms with Crippen molar-refractivity contribution in [3.8, 4) is 11.3 Å². The van der Waals surface area contributed by atoms with Gasteiger partial charge in [0, 0.05) is 21.7 Å². The molecule has 0 bridgehead atoms. The Kier molecular flexibility index (Phi) is 4.92. The number of carbonyl (C=O) groups is 1. The van der Waals surface area contributed by atoms with Crippen LogP contribution in [0.5, 0.6) is 0 Å². The van der Waals surface area contributed by atoms with Crippen LogP contribution in [0.3, 0.4) is 0 Å². The van der Waals surface area contributed by atoms with Crippen molar-refractivity contribution in [1.29, 1.82) is 0 Å². The van der Waals surface area contributed by atoms with Gasteiger partial charge in [-0.15, -0.1) is 0 Å². The molecule has 0 fully saturated rings. The molecule has 0 N–H and O–H groups in total. The smallest absolute Gasteiger partial charge is 0.267 e. The first-order chi connectivity index (χ1) is 11.5. The van der Waals surface area contributed by atoms with Gasteiger partial charge in [0.2, 0.25) is 0 Å². The number of aromatic nitrogens is 2. The standard InChI is InChI=1S/C18H12BrClN2O2/c19-13-7-5-12(6-8-13)17(23)11-22-18(24)10-9-16(21-22)14-3-1-2-4-15(14)20/h1-10H,11H2. The Morgan fingerprint density at radius 3 is 2.46 bits per heavy atom. The number of benzene rings is 2. The van der Waals surface area contributed by atoms with Crippen LogP contribution in [0.25, 0.3) is 11.3 Å². The van der Waals surface area contributed by atoms with Gasteiger partial charge in [0.05, 0.1) is 10.7 Å². The van der Waals surface area contributed by atoms with E-state index in [1.54, 1.807) is 36.4 Å². The number of Topliss-reactive ketones (excluding diaryl/α,β-unsaturated/α-hetero) is 1. The molecule has 2 aromatic carbocycles. The van der Waals surface area contributed by atoms with Gasteiger partial charge >= 0.3 is 0 Å².